The molecule has 1 saturated heterocycles. The largest absolute Gasteiger partial charge is 0.461 e. The molecule has 5 heterocycles. The summed E-state index contributed by atoms with van der Waals surface area (Å²) < 4.78 is 12.4. The molecule has 3 aromatic heterocycles. The van der Waals surface area contributed by atoms with Crippen molar-refractivity contribution in [2.24, 2.45) is 0 Å². The number of fused-ring (bicyclic) bond motifs is 1. The van der Waals surface area contributed by atoms with Crippen molar-refractivity contribution in [1.82, 2.24) is 24.7 Å². The number of furan rings is 1. The van der Waals surface area contributed by atoms with Gasteiger partial charge >= 0.3 is 0 Å². The molecular weight excluding hydrogens is 374 g/mol. The molecule has 5 rings (SSSR count). The summed E-state index contributed by atoms with van der Waals surface area (Å²) >= 11 is 0. The molecular formula is C20H21N5O4. The zero-order valence-electron chi connectivity index (χ0n) is 15.9. The fraction of sp³-hybridized carbons (Fsp3) is 0.400. The first-order valence-electron chi connectivity index (χ1n) is 9.85. The Balaban J connectivity index is 1.21. The summed E-state index contributed by atoms with van der Waals surface area (Å²) in [5.74, 6) is 0.655. The number of carbonyl (C=O) groups is 2. The molecule has 0 aromatic carbocycles. The van der Waals surface area contributed by atoms with Gasteiger partial charge in [0.15, 0.2) is 17.1 Å². The van der Waals surface area contributed by atoms with Gasteiger partial charge in [0.2, 0.25) is 5.76 Å². The molecule has 9 nitrogen and oxygen atoms in total. The Morgan fingerprint density at radius 1 is 0.897 bits per heavy atom. The number of hydrogen-bond donors (Lipinski definition) is 0. The monoisotopic (exact) mass is 395 g/mol. The van der Waals surface area contributed by atoms with Crippen LogP contribution in [0.15, 0.2) is 39.5 Å². The van der Waals surface area contributed by atoms with Gasteiger partial charge in [0.1, 0.15) is 0 Å². The Morgan fingerprint density at radius 3 is 2.34 bits per heavy atom. The van der Waals surface area contributed by atoms with Crippen molar-refractivity contribution in [1.29, 1.82) is 0 Å². The second-order valence-electron chi connectivity index (χ2n) is 7.34. The third-order valence-corrected chi connectivity index (χ3v) is 5.48. The molecule has 0 bridgehead atoms. The van der Waals surface area contributed by atoms with Crippen molar-refractivity contribution in [3.63, 3.8) is 0 Å². The number of hydrogen-bond acceptors (Lipinski definition) is 6. The van der Waals surface area contributed by atoms with Crippen LogP contribution in [0.4, 0.5) is 0 Å². The summed E-state index contributed by atoms with van der Waals surface area (Å²) in [6, 6.07) is 6.97. The van der Waals surface area contributed by atoms with E-state index in [4.69, 9.17) is 8.94 Å². The molecule has 2 aliphatic rings. The normalized spacial score (nSPS) is 16.7. The molecule has 0 N–H and O–H groups in total. The third-order valence-electron chi connectivity index (χ3n) is 5.48. The van der Waals surface area contributed by atoms with Crippen LogP contribution in [0.1, 0.15) is 39.5 Å². The first kappa shape index (κ1) is 17.7. The molecule has 150 valence electrons. The lowest BCUT2D eigenvalue weighted by Crippen LogP contribution is -2.50. The van der Waals surface area contributed by atoms with Gasteiger partial charge in [0, 0.05) is 44.5 Å². The van der Waals surface area contributed by atoms with Crippen LogP contribution in [-0.4, -0.2) is 62.7 Å². The number of amides is 2. The Kier molecular flexibility index (Phi) is 4.42. The third kappa shape index (κ3) is 3.32. The van der Waals surface area contributed by atoms with Crippen molar-refractivity contribution in [2.45, 2.75) is 25.8 Å². The summed E-state index contributed by atoms with van der Waals surface area (Å²) in [6.07, 6.45) is 4.75. The number of nitrogens with zero attached hydrogens (tertiary/aromatic N) is 5. The van der Waals surface area contributed by atoms with Gasteiger partial charge in [-0.2, -0.15) is 5.10 Å². The maximum atomic E-state index is 12.8. The maximum Gasteiger partial charge on any atom is 0.276 e. The lowest BCUT2D eigenvalue weighted by molar-refractivity contribution is 0.0526. The minimum absolute atomic E-state index is 0.0689. The van der Waals surface area contributed by atoms with Crippen molar-refractivity contribution < 1.29 is 18.5 Å². The van der Waals surface area contributed by atoms with E-state index in [-0.39, 0.29) is 17.5 Å². The number of carbonyl (C=O) groups excluding carboxylic acids is 2. The second-order valence-corrected chi connectivity index (χ2v) is 7.34. The van der Waals surface area contributed by atoms with E-state index in [2.05, 4.69) is 10.3 Å². The quantitative estimate of drug-likeness (QED) is 0.673. The Morgan fingerprint density at radius 2 is 1.66 bits per heavy atom. The average Bonchev–Trinajstić information content (AvgIpc) is 3.52. The SMILES string of the molecule is O=C(c1cc(-c2ccco2)on1)N1CCN(C(=O)c2cc3n(n2)CCCC3)CC1. The van der Waals surface area contributed by atoms with E-state index in [1.165, 1.54) is 6.26 Å². The van der Waals surface area contributed by atoms with E-state index in [0.717, 1.165) is 31.5 Å². The number of aryl methyl sites for hydroxylation is 2. The number of rotatable bonds is 3. The van der Waals surface area contributed by atoms with Gasteiger partial charge in [0.25, 0.3) is 11.8 Å². The number of aromatic nitrogens is 3. The van der Waals surface area contributed by atoms with Crippen molar-refractivity contribution in [2.75, 3.05) is 26.2 Å². The summed E-state index contributed by atoms with van der Waals surface area (Å²) in [4.78, 5) is 29.0. The highest BCUT2D eigenvalue weighted by molar-refractivity contribution is 5.94. The Bertz CT molecular complexity index is 1000. The van der Waals surface area contributed by atoms with E-state index in [9.17, 15) is 9.59 Å². The average molecular weight is 395 g/mol. The van der Waals surface area contributed by atoms with Gasteiger partial charge in [-0.3, -0.25) is 14.3 Å². The van der Waals surface area contributed by atoms with Crippen LogP contribution < -0.4 is 0 Å². The predicted molar refractivity (Wildman–Crippen MR) is 101 cm³/mol. The van der Waals surface area contributed by atoms with Gasteiger partial charge in [-0.1, -0.05) is 5.16 Å². The van der Waals surface area contributed by atoms with Gasteiger partial charge in [-0.15, -0.1) is 0 Å². The minimum Gasteiger partial charge on any atom is -0.461 e. The predicted octanol–water partition coefficient (Wildman–Crippen LogP) is 2.07. The van der Waals surface area contributed by atoms with Crippen LogP contribution in [0.3, 0.4) is 0 Å². The standard InChI is InChI=1S/C20H21N5O4/c26-19(15-12-14-4-1-2-6-25(14)21-15)23-7-9-24(10-8-23)20(27)16-13-18(29-22-16)17-5-3-11-28-17/h3,5,11-13H,1-2,4,6-10H2. The molecule has 2 amide bonds. The van der Waals surface area contributed by atoms with Crippen LogP contribution in [0, 0.1) is 0 Å². The summed E-state index contributed by atoms with van der Waals surface area (Å²) in [5, 5.41) is 8.34. The van der Waals surface area contributed by atoms with Crippen LogP contribution in [0.2, 0.25) is 0 Å². The molecule has 1 fully saturated rings. The van der Waals surface area contributed by atoms with Crippen molar-refractivity contribution >= 4 is 11.8 Å². The molecule has 0 saturated carbocycles. The van der Waals surface area contributed by atoms with Gasteiger partial charge in [-0.25, -0.2) is 0 Å². The highest BCUT2D eigenvalue weighted by atomic mass is 16.5. The van der Waals surface area contributed by atoms with Gasteiger partial charge < -0.3 is 18.7 Å². The highest BCUT2D eigenvalue weighted by Gasteiger charge is 2.29. The molecule has 0 radical (unpaired) electrons. The molecule has 0 aliphatic carbocycles. The van der Waals surface area contributed by atoms with Crippen LogP contribution in [0.5, 0.6) is 0 Å². The molecule has 0 atom stereocenters. The Labute approximate surface area is 166 Å². The highest BCUT2D eigenvalue weighted by Crippen LogP contribution is 2.22. The molecule has 29 heavy (non-hydrogen) atoms. The first-order valence-corrected chi connectivity index (χ1v) is 9.85. The van der Waals surface area contributed by atoms with E-state index >= 15 is 0 Å². The molecule has 2 aliphatic heterocycles. The van der Waals surface area contributed by atoms with E-state index < -0.39 is 0 Å². The lowest BCUT2D eigenvalue weighted by atomic mass is 10.1. The van der Waals surface area contributed by atoms with Crippen LogP contribution in [0.25, 0.3) is 11.5 Å². The topological polar surface area (TPSA) is 97.6 Å². The van der Waals surface area contributed by atoms with E-state index in [1.807, 2.05) is 10.7 Å². The van der Waals surface area contributed by atoms with Crippen molar-refractivity contribution in [3.8, 4) is 11.5 Å². The number of piperazine rings is 1. The fourth-order valence-electron chi connectivity index (χ4n) is 3.87. The maximum absolute atomic E-state index is 12.8. The first-order chi connectivity index (χ1) is 14.2. The lowest BCUT2D eigenvalue weighted by Gasteiger charge is -2.33. The minimum atomic E-state index is -0.212. The van der Waals surface area contributed by atoms with Crippen LogP contribution in [-0.2, 0) is 13.0 Å². The Hall–Kier alpha value is -3.36. The van der Waals surface area contributed by atoms with Crippen molar-refractivity contribution in [3.05, 3.63) is 47.6 Å². The summed E-state index contributed by atoms with van der Waals surface area (Å²) in [5.41, 5.74) is 1.87. The van der Waals surface area contributed by atoms with Crippen LogP contribution >= 0.6 is 0 Å². The summed E-state index contributed by atoms with van der Waals surface area (Å²) in [6.45, 7) is 2.70. The molecule has 3 aromatic rings. The van der Waals surface area contributed by atoms with Gasteiger partial charge in [-0.05, 0) is 37.5 Å². The molecule has 0 unspecified atom stereocenters. The summed E-state index contributed by atoms with van der Waals surface area (Å²) in [7, 11) is 0. The second kappa shape index (κ2) is 7.23. The smallest absolute Gasteiger partial charge is 0.276 e. The molecule has 0 spiro atoms. The fourth-order valence-corrected chi connectivity index (χ4v) is 3.87. The zero-order chi connectivity index (χ0) is 19.8. The molecule has 9 heteroatoms. The van der Waals surface area contributed by atoms with E-state index in [0.29, 0.717) is 43.4 Å². The van der Waals surface area contributed by atoms with Gasteiger partial charge in [0.05, 0.1) is 6.26 Å². The zero-order valence-corrected chi connectivity index (χ0v) is 15.9. The van der Waals surface area contributed by atoms with E-state index in [1.54, 1.807) is 28.0 Å².